The first-order valence-corrected chi connectivity index (χ1v) is 10.3. The Kier molecular flexibility index (Phi) is 4.58. The summed E-state index contributed by atoms with van der Waals surface area (Å²) >= 11 is 0. The van der Waals surface area contributed by atoms with Gasteiger partial charge in [-0.25, -0.2) is 8.78 Å². The Morgan fingerprint density at radius 2 is 1.77 bits per heavy atom. The number of likely N-dealkylation sites (tertiary alicyclic amines) is 1. The highest BCUT2D eigenvalue weighted by Crippen LogP contribution is 2.48. The van der Waals surface area contributed by atoms with Crippen LogP contribution in [0.1, 0.15) is 47.6 Å². The van der Waals surface area contributed by atoms with Gasteiger partial charge in [-0.2, -0.15) is 0 Å². The molecule has 7 heteroatoms. The van der Waals surface area contributed by atoms with Crippen molar-refractivity contribution in [1.82, 2.24) is 9.80 Å². The number of benzene rings is 2. The summed E-state index contributed by atoms with van der Waals surface area (Å²) in [6.07, 6.45) is 1.49. The molecule has 3 heterocycles. The van der Waals surface area contributed by atoms with E-state index in [9.17, 15) is 18.4 Å². The Morgan fingerprint density at radius 3 is 2.50 bits per heavy atom. The van der Waals surface area contributed by atoms with E-state index in [4.69, 9.17) is 4.74 Å². The third kappa shape index (κ3) is 2.99. The number of rotatable bonds is 2. The van der Waals surface area contributed by atoms with E-state index in [0.29, 0.717) is 44.3 Å². The summed E-state index contributed by atoms with van der Waals surface area (Å²) in [6, 6.07) is 11.9. The molecule has 3 aliphatic heterocycles. The van der Waals surface area contributed by atoms with Crippen molar-refractivity contribution in [3.8, 4) is 0 Å². The summed E-state index contributed by atoms with van der Waals surface area (Å²) in [5, 5.41) is 0. The van der Waals surface area contributed by atoms with Gasteiger partial charge < -0.3 is 14.5 Å². The van der Waals surface area contributed by atoms with E-state index < -0.39 is 29.5 Å². The maximum absolute atomic E-state index is 14.4. The van der Waals surface area contributed by atoms with Gasteiger partial charge in [0.15, 0.2) is 5.60 Å². The minimum Gasteiger partial charge on any atom is -0.342 e. The fourth-order valence-electron chi connectivity index (χ4n) is 4.95. The van der Waals surface area contributed by atoms with Crippen molar-refractivity contribution < 1.29 is 23.1 Å². The number of ether oxygens (including phenoxy) is 1. The number of piperidine rings is 1. The summed E-state index contributed by atoms with van der Waals surface area (Å²) in [5.41, 5.74) is -0.168. The summed E-state index contributed by atoms with van der Waals surface area (Å²) in [5.74, 6) is -1.27. The highest BCUT2D eigenvalue weighted by molar-refractivity contribution is 5.95. The molecule has 1 spiro atoms. The highest BCUT2D eigenvalue weighted by Gasteiger charge is 2.58. The molecule has 5 nitrogen and oxygen atoms in total. The lowest BCUT2D eigenvalue weighted by Gasteiger charge is -2.37. The van der Waals surface area contributed by atoms with Gasteiger partial charge in [-0.15, -0.1) is 0 Å². The van der Waals surface area contributed by atoms with Crippen LogP contribution in [0.25, 0.3) is 0 Å². The van der Waals surface area contributed by atoms with Crippen molar-refractivity contribution in [3.05, 3.63) is 71.3 Å². The number of fused-ring (bicyclic) bond motifs is 1. The van der Waals surface area contributed by atoms with Gasteiger partial charge in [0, 0.05) is 37.1 Å². The molecule has 3 fully saturated rings. The van der Waals surface area contributed by atoms with Crippen LogP contribution in [-0.2, 0) is 9.53 Å². The molecule has 0 unspecified atom stereocenters. The smallest absolute Gasteiger partial charge is 0.257 e. The SMILES string of the molecule is O=C(c1ccccc1)N1CCC2(CC1)O[C@@H]1CC[C@@H](c3cc(F)ccc3F)N1C2=O. The molecule has 2 aromatic carbocycles. The zero-order valence-electron chi connectivity index (χ0n) is 16.4. The lowest BCUT2D eigenvalue weighted by atomic mass is 9.89. The Hall–Kier alpha value is -2.80. The van der Waals surface area contributed by atoms with E-state index in [2.05, 4.69) is 0 Å². The van der Waals surface area contributed by atoms with Crippen LogP contribution in [0.3, 0.4) is 0 Å². The lowest BCUT2D eigenvalue weighted by molar-refractivity contribution is -0.142. The minimum absolute atomic E-state index is 0.0592. The average molecular weight is 412 g/mol. The molecule has 0 radical (unpaired) electrons. The maximum Gasteiger partial charge on any atom is 0.257 e. The first-order chi connectivity index (χ1) is 14.5. The van der Waals surface area contributed by atoms with Gasteiger partial charge in [-0.1, -0.05) is 18.2 Å². The molecule has 2 aromatic rings. The Bertz CT molecular complexity index is 989. The van der Waals surface area contributed by atoms with Gasteiger partial charge in [-0.05, 0) is 43.2 Å². The zero-order valence-corrected chi connectivity index (χ0v) is 16.4. The predicted octanol–water partition coefficient (Wildman–Crippen LogP) is 3.66. The number of nitrogens with zero attached hydrogens (tertiary/aromatic N) is 2. The van der Waals surface area contributed by atoms with Crippen LogP contribution in [0.4, 0.5) is 8.78 Å². The fourth-order valence-corrected chi connectivity index (χ4v) is 4.95. The first-order valence-electron chi connectivity index (χ1n) is 10.3. The summed E-state index contributed by atoms with van der Waals surface area (Å²) in [4.78, 5) is 29.4. The van der Waals surface area contributed by atoms with Crippen LogP contribution in [0, 0.1) is 11.6 Å². The second kappa shape index (κ2) is 7.16. The Balaban J connectivity index is 1.33. The number of hydrogen-bond acceptors (Lipinski definition) is 3. The molecular weight excluding hydrogens is 390 g/mol. The van der Waals surface area contributed by atoms with Crippen molar-refractivity contribution in [2.45, 2.75) is 43.6 Å². The first kappa shape index (κ1) is 19.2. The van der Waals surface area contributed by atoms with Gasteiger partial charge in [-0.3, -0.25) is 9.59 Å². The molecule has 3 saturated heterocycles. The molecule has 0 aromatic heterocycles. The van der Waals surface area contributed by atoms with Crippen LogP contribution < -0.4 is 0 Å². The lowest BCUT2D eigenvalue weighted by Crippen LogP contribution is -2.51. The van der Waals surface area contributed by atoms with E-state index in [1.807, 2.05) is 18.2 Å². The number of carbonyl (C=O) groups is 2. The van der Waals surface area contributed by atoms with Crippen LogP contribution in [0.2, 0.25) is 0 Å². The maximum atomic E-state index is 14.4. The van der Waals surface area contributed by atoms with Crippen LogP contribution >= 0.6 is 0 Å². The van der Waals surface area contributed by atoms with Crippen molar-refractivity contribution >= 4 is 11.8 Å². The summed E-state index contributed by atoms with van der Waals surface area (Å²) in [7, 11) is 0. The van der Waals surface area contributed by atoms with E-state index in [0.717, 1.165) is 12.1 Å². The number of hydrogen-bond donors (Lipinski definition) is 0. The monoisotopic (exact) mass is 412 g/mol. The molecule has 30 heavy (non-hydrogen) atoms. The van der Waals surface area contributed by atoms with E-state index in [-0.39, 0.29) is 17.4 Å². The number of amides is 2. The van der Waals surface area contributed by atoms with Gasteiger partial charge in [0.2, 0.25) is 0 Å². The van der Waals surface area contributed by atoms with Crippen LogP contribution in [-0.4, -0.2) is 46.5 Å². The number of halogens is 2. The van der Waals surface area contributed by atoms with E-state index in [1.165, 1.54) is 6.07 Å². The van der Waals surface area contributed by atoms with Crippen LogP contribution in [0.15, 0.2) is 48.5 Å². The van der Waals surface area contributed by atoms with Crippen LogP contribution in [0.5, 0.6) is 0 Å². The van der Waals surface area contributed by atoms with Gasteiger partial charge >= 0.3 is 0 Å². The molecule has 0 saturated carbocycles. The predicted molar refractivity (Wildman–Crippen MR) is 104 cm³/mol. The minimum atomic E-state index is -0.986. The second-order valence-corrected chi connectivity index (χ2v) is 8.20. The zero-order chi connectivity index (χ0) is 20.9. The molecule has 2 atom stereocenters. The number of carbonyl (C=O) groups excluding carboxylic acids is 2. The quantitative estimate of drug-likeness (QED) is 0.757. The standard InChI is InChI=1S/C23H22F2N2O3/c24-16-6-7-18(25)17(14-16)19-8-9-20-27(19)22(29)23(30-20)10-12-26(13-11-23)21(28)15-4-2-1-3-5-15/h1-7,14,19-20H,8-13H2/t19-,20+/m0/s1. The highest BCUT2D eigenvalue weighted by atomic mass is 19.1. The molecule has 0 bridgehead atoms. The topological polar surface area (TPSA) is 49.9 Å². The van der Waals surface area contributed by atoms with Crippen molar-refractivity contribution in [1.29, 1.82) is 0 Å². The Morgan fingerprint density at radius 1 is 1.03 bits per heavy atom. The molecule has 0 aliphatic carbocycles. The molecule has 2 amide bonds. The average Bonchev–Trinajstić information content (AvgIpc) is 3.29. The molecule has 156 valence electrons. The molecule has 3 aliphatic rings. The van der Waals surface area contributed by atoms with Gasteiger partial charge in [0.1, 0.15) is 17.9 Å². The van der Waals surface area contributed by atoms with E-state index >= 15 is 0 Å². The van der Waals surface area contributed by atoms with Crippen molar-refractivity contribution in [3.63, 3.8) is 0 Å². The van der Waals surface area contributed by atoms with Crippen molar-refractivity contribution in [2.75, 3.05) is 13.1 Å². The normalized spacial score (nSPS) is 25.1. The second-order valence-electron chi connectivity index (χ2n) is 8.20. The summed E-state index contributed by atoms with van der Waals surface area (Å²) in [6.45, 7) is 0.831. The van der Waals surface area contributed by atoms with Gasteiger partial charge in [0.25, 0.3) is 11.8 Å². The molecule has 0 N–H and O–H groups in total. The third-order valence-electron chi connectivity index (χ3n) is 6.52. The Labute approximate surface area is 173 Å². The molecular formula is C23H22F2N2O3. The fraction of sp³-hybridized carbons (Fsp3) is 0.391. The van der Waals surface area contributed by atoms with Gasteiger partial charge in [0.05, 0.1) is 6.04 Å². The summed E-state index contributed by atoms with van der Waals surface area (Å²) < 4.78 is 34.3. The van der Waals surface area contributed by atoms with E-state index in [1.54, 1.807) is 21.9 Å². The molecule has 5 rings (SSSR count). The third-order valence-corrected chi connectivity index (χ3v) is 6.52. The van der Waals surface area contributed by atoms with Crippen molar-refractivity contribution in [2.24, 2.45) is 0 Å². The largest absolute Gasteiger partial charge is 0.342 e.